The lowest BCUT2D eigenvalue weighted by molar-refractivity contribution is -0.154. The highest BCUT2D eigenvalue weighted by Gasteiger charge is 2.28. The average Bonchev–Trinajstić information content (AvgIpc) is 2.02. The molecular weight excluding hydrogens is 185 g/mol. The van der Waals surface area contributed by atoms with Gasteiger partial charge in [-0.25, -0.2) is 4.98 Å². The van der Waals surface area contributed by atoms with Gasteiger partial charge >= 0.3 is 6.18 Å². The molecule has 0 aliphatic heterocycles. The number of hydrogen-bond donors (Lipinski definition) is 1. The van der Waals surface area contributed by atoms with Gasteiger partial charge in [0, 0.05) is 6.07 Å². The van der Waals surface area contributed by atoms with Crippen molar-refractivity contribution >= 4 is 5.69 Å². The van der Waals surface area contributed by atoms with E-state index >= 15 is 0 Å². The summed E-state index contributed by atoms with van der Waals surface area (Å²) in [5, 5.41) is 0. The first-order valence-electron chi connectivity index (χ1n) is 3.38. The summed E-state index contributed by atoms with van der Waals surface area (Å²) in [6, 6.07) is 2.69. The molecule has 13 heavy (non-hydrogen) atoms. The molecule has 0 unspecified atom stereocenters. The summed E-state index contributed by atoms with van der Waals surface area (Å²) in [6.07, 6.45) is -3.12. The number of anilines is 1. The Morgan fingerprint density at radius 3 is 2.54 bits per heavy atom. The summed E-state index contributed by atoms with van der Waals surface area (Å²) in [6.45, 7) is -1.34. The van der Waals surface area contributed by atoms with Gasteiger partial charge in [-0.05, 0) is 6.07 Å². The fourth-order valence-electron chi connectivity index (χ4n) is 0.633. The Morgan fingerprint density at radius 2 is 2.08 bits per heavy atom. The van der Waals surface area contributed by atoms with E-state index in [9.17, 15) is 13.2 Å². The van der Waals surface area contributed by atoms with Gasteiger partial charge in [0.2, 0.25) is 5.88 Å². The Labute approximate surface area is 72.3 Å². The van der Waals surface area contributed by atoms with E-state index in [1.165, 1.54) is 18.3 Å². The molecule has 72 valence electrons. The molecule has 0 saturated heterocycles. The molecule has 1 aromatic heterocycles. The molecule has 1 rings (SSSR count). The van der Waals surface area contributed by atoms with E-state index < -0.39 is 12.8 Å². The van der Waals surface area contributed by atoms with E-state index in [0.29, 0.717) is 5.69 Å². The molecule has 0 aliphatic carbocycles. The maximum Gasteiger partial charge on any atom is 0.422 e. The maximum atomic E-state index is 11.6. The number of ether oxygens (including phenoxy) is 1. The first kappa shape index (κ1) is 9.63. The highest BCUT2D eigenvalue weighted by atomic mass is 19.4. The van der Waals surface area contributed by atoms with Crippen LogP contribution in [0.25, 0.3) is 0 Å². The molecule has 0 spiro atoms. The van der Waals surface area contributed by atoms with Crippen LogP contribution in [0.2, 0.25) is 0 Å². The first-order chi connectivity index (χ1) is 5.97. The minimum Gasteiger partial charge on any atom is -0.468 e. The minimum absolute atomic E-state index is 0.0912. The molecule has 0 saturated carbocycles. The van der Waals surface area contributed by atoms with Crippen molar-refractivity contribution in [2.45, 2.75) is 6.18 Å². The van der Waals surface area contributed by atoms with Gasteiger partial charge in [-0.2, -0.15) is 13.2 Å². The van der Waals surface area contributed by atoms with Crippen LogP contribution in [0.15, 0.2) is 18.3 Å². The second-order valence-electron chi connectivity index (χ2n) is 2.33. The molecule has 0 atom stereocenters. The molecule has 1 aromatic rings. The molecule has 6 heteroatoms. The maximum absolute atomic E-state index is 11.6. The predicted molar refractivity (Wildman–Crippen MR) is 40.2 cm³/mol. The van der Waals surface area contributed by atoms with Crippen LogP contribution in [-0.2, 0) is 0 Å². The normalized spacial score (nSPS) is 11.3. The highest BCUT2D eigenvalue weighted by Crippen LogP contribution is 2.17. The molecule has 0 fully saturated rings. The Balaban J connectivity index is 2.51. The van der Waals surface area contributed by atoms with Gasteiger partial charge in [0.15, 0.2) is 6.61 Å². The summed E-state index contributed by atoms with van der Waals surface area (Å²) in [5.41, 5.74) is 5.64. The summed E-state index contributed by atoms with van der Waals surface area (Å²) in [5.74, 6) is -0.0912. The van der Waals surface area contributed by atoms with Gasteiger partial charge in [0.1, 0.15) is 0 Å². The van der Waals surface area contributed by atoms with Gasteiger partial charge < -0.3 is 10.5 Å². The van der Waals surface area contributed by atoms with Gasteiger partial charge in [0.25, 0.3) is 0 Å². The van der Waals surface area contributed by atoms with Gasteiger partial charge in [0.05, 0.1) is 11.9 Å². The zero-order valence-corrected chi connectivity index (χ0v) is 6.51. The van der Waals surface area contributed by atoms with E-state index in [1.807, 2.05) is 0 Å². The van der Waals surface area contributed by atoms with E-state index in [4.69, 9.17) is 5.73 Å². The molecule has 0 aromatic carbocycles. The topological polar surface area (TPSA) is 48.1 Å². The third-order valence-corrected chi connectivity index (χ3v) is 1.14. The second-order valence-corrected chi connectivity index (χ2v) is 2.33. The smallest absolute Gasteiger partial charge is 0.422 e. The number of alkyl halides is 3. The Hall–Kier alpha value is -1.46. The molecule has 0 amide bonds. The first-order valence-corrected chi connectivity index (χ1v) is 3.38. The van der Waals surface area contributed by atoms with E-state index in [-0.39, 0.29) is 5.88 Å². The van der Waals surface area contributed by atoms with Crippen LogP contribution >= 0.6 is 0 Å². The molecule has 2 N–H and O–H groups in total. The lowest BCUT2D eigenvalue weighted by atomic mass is 10.4. The van der Waals surface area contributed by atoms with Crippen molar-refractivity contribution < 1.29 is 17.9 Å². The molecule has 0 radical (unpaired) electrons. The molecule has 0 aliphatic rings. The quantitative estimate of drug-likeness (QED) is 0.774. The average molecular weight is 192 g/mol. The predicted octanol–water partition coefficient (Wildman–Crippen LogP) is 1.60. The van der Waals surface area contributed by atoms with Gasteiger partial charge in [-0.3, -0.25) is 0 Å². The largest absolute Gasteiger partial charge is 0.468 e. The van der Waals surface area contributed by atoms with Crippen molar-refractivity contribution in [3.05, 3.63) is 18.3 Å². The minimum atomic E-state index is -4.34. The van der Waals surface area contributed by atoms with E-state index in [2.05, 4.69) is 9.72 Å². The van der Waals surface area contributed by atoms with Crippen molar-refractivity contribution in [3.63, 3.8) is 0 Å². The SMILES string of the molecule is Nc1ccc(OCC(F)(F)F)nc1. The number of rotatable bonds is 2. The Morgan fingerprint density at radius 1 is 1.38 bits per heavy atom. The van der Waals surface area contributed by atoms with Crippen molar-refractivity contribution in [2.24, 2.45) is 0 Å². The second kappa shape index (κ2) is 3.51. The van der Waals surface area contributed by atoms with E-state index in [0.717, 1.165) is 0 Å². The number of pyridine rings is 1. The van der Waals surface area contributed by atoms with Gasteiger partial charge in [-0.1, -0.05) is 0 Å². The number of nitrogens with two attached hydrogens (primary N) is 1. The number of aromatic nitrogens is 1. The van der Waals surface area contributed by atoms with Crippen molar-refractivity contribution in [1.82, 2.24) is 4.98 Å². The number of nitrogen functional groups attached to an aromatic ring is 1. The van der Waals surface area contributed by atoms with Crippen LogP contribution < -0.4 is 10.5 Å². The fourth-order valence-corrected chi connectivity index (χ4v) is 0.633. The highest BCUT2D eigenvalue weighted by molar-refractivity contribution is 5.35. The summed E-state index contributed by atoms with van der Waals surface area (Å²) in [4.78, 5) is 3.53. The fraction of sp³-hybridized carbons (Fsp3) is 0.286. The lowest BCUT2D eigenvalue weighted by Crippen LogP contribution is -2.19. The number of nitrogens with zero attached hydrogens (tertiary/aromatic N) is 1. The number of halogens is 3. The van der Waals surface area contributed by atoms with E-state index in [1.54, 1.807) is 0 Å². The Kier molecular flexibility index (Phi) is 2.60. The van der Waals surface area contributed by atoms with Gasteiger partial charge in [-0.15, -0.1) is 0 Å². The number of hydrogen-bond acceptors (Lipinski definition) is 3. The molecular formula is C7H7F3N2O. The lowest BCUT2D eigenvalue weighted by Gasteiger charge is -2.07. The van der Waals surface area contributed by atoms with Crippen molar-refractivity contribution in [3.8, 4) is 5.88 Å². The monoisotopic (exact) mass is 192 g/mol. The van der Waals surface area contributed by atoms with Crippen molar-refractivity contribution in [1.29, 1.82) is 0 Å². The summed E-state index contributed by atoms with van der Waals surface area (Å²) in [7, 11) is 0. The Bertz CT molecular complexity index is 270. The van der Waals surface area contributed by atoms with Crippen LogP contribution in [0, 0.1) is 0 Å². The third-order valence-electron chi connectivity index (χ3n) is 1.14. The van der Waals surface area contributed by atoms with Crippen molar-refractivity contribution in [2.75, 3.05) is 12.3 Å². The zero-order chi connectivity index (χ0) is 9.90. The summed E-state index contributed by atoms with van der Waals surface area (Å²) >= 11 is 0. The van der Waals surface area contributed by atoms with Crippen LogP contribution in [0.5, 0.6) is 5.88 Å². The van der Waals surface area contributed by atoms with Crippen LogP contribution in [0.4, 0.5) is 18.9 Å². The molecule has 1 heterocycles. The van der Waals surface area contributed by atoms with Crippen LogP contribution in [0.3, 0.4) is 0 Å². The molecule has 3 nitrogen and oxygen atoms in total. The zero-order valence-electron chi connectivity index (χ0n) is 6.51. The van der Waals surface area contributed by atoms with Crippen LogP contribution in [0.1, 0.15) is 0 Å². The summed E-state index contributed by atoms with van der Waals surface area (Å²) < 4.78 is 39.3. The standard InChI is InChI=1S/C7H7F3N2O/c8-7(9,10)4-13-6-2-1-5(11)3-12-6/h1-3H,4,11H2. The third kappa shape index (κ3) is 3.64. The van der Waals surface area contributed by atoms with Crippen LogP contribution in [-0.4, -0.2) is 17.8 Å². The molecule has 0 bridgehead atoms.